The molecule has 0 aliphatic carbocycles. The van der Waals surface area contributed by atoms with E-state index in [0.717, 1.165) is 10.9 Å². The lowest BCUT2D eigenvalue weighted by Gasteiger charge is -2.34. The quantitative estimate of drug-likeness (QED) is 0.562. The predicted octanol–water partition coefficient (Wildman–Crippen LogP) is 2.21. The van der Waals surface area contributed by atoms with Crippen LogP contribution in [0.15, 0.2) is 54.6 Å². The van der Waals surface area contributed by atoms with Gasteiger partial charge in [0.1, 0.15) is 19.3 Å². The van der Waals surface area contributed by atoms with Gasteiger partial charge in [0, 0.05) is 26.2 Å². The van der Waals surface area contributed by atoms with E-state index in [4.69, 9.17) is 9.47 Å². The molecule has 0 spiro atoms. The van der Waals surface area contributed by atoms with Gasteiger partial charge in [0.05, 0.1) is 17.0 Å². The SMILES string of the molecule is C[C@@H](O)[C@H](O)COc1nc(N2CCN(C(=O)OCc3ccccc3)CC2)nc2ccccc12. The lowest BCUT2D eigenvalue weighted by molar-refractivity contribution is 0.00167. The molecule has 174 valence electrons. The molecule has 2 aromatic carbocycles. The summed E-state index contributed by atoms with van der Waals surface area (Å²) >= 11 is 0. The summed E-state index contributed by atoms with van der Waals surface area (Å²) in [7, 11) is 0. The maximum absolute atomic E-state index is 12.4. The zero-order chi connectivity index (χ0) is 23.2. The molecule has 2 heterocycles. The molecule has 1 aliphatic rings. The fourth-order valence-corrected chi connectivity index (χ4v) is 3.49. The maximum atomic E-state index is 12.4. The van der Waals surface area contributed by atoms with Crippen LogP contribution >= 0.6 is 0 Å². The monoisotopic (exact) mass is 452 g/mol. The molecule has 1 amide bonds. The van der Waals surface area contributed by atoms with Crippen LogP contribution in [0.5, 0.6) is 5.88 Å². The molecule has 4 rings (SSSR count). The third-order valence-corrected chi connectivity index (χ3v) is 5.53. The van der Waals surface area contributed by atoms with Crippen LogP contribution in [-0.2, 0) is 11.3 Å². The molecule has 1 aliphatic heterocycles. The number of benzene rings is 2. The van der Waals surface area contributed by atoms with Crippen molar-refractivity contribution in [2.24, 2.45) is 0 Å². The summed E-state index contributed by atoms with van der Waals surface area (Å²) in [5.41, 5.74) is 1.66. The first kappa shape index (κ1) is 22.8. The number of hydrogen-bond acceptors (Lipinski definition) is 8. The van der Waals surface area contributed by atoms with Crippen LogP contribution in [0, 0.1) is 0 Å². The van der Waals surface area contributed by atoms with Crippen molar-refractivity contribution in [1.82, 2.24) is 14.9 Å². The van der Waals surface area contributed by atoms with Gasteiger partial charge in [-0.3, -0.25) is 0 Å². The molecule has 1 aromatic heterocycles. The number of anilines is 1. The second-order valence-electron chi connectivity index (χ2n) is 7.98. The van der Waals surface area contributed by atoms with E-state index in [1.165, 1.54) is 6.92 Å². The Bertz CT molecular complexity index is 1070. The van der Waals surface area contributed by atoms with E-state index in [1.54, 1.807) is 4.90 Å². The Hall–Kier alpha value is -3.43. The van der Waals surface area contributed by atoms with E-state index in [-0.39, 0.29) is 19.3 Å². The van der Waals surface area contributed by atoms with Crippen molar-refractivity contribution in [1.29, 1.82) is 0 Å². The van der Waals surface area contributed by atoms with Gasteiger partial charge in [0.25, 0.3) is 0 Å². The first-order valence-electron chi connectivity index (χ1n) is 11.0. The molecular weight excluding hydrogens is 424 g/mol. The first-order valence-corrected chi connectivity index (χ1v) is 11.0. The summed E-state index contributed by atoms with van der Waals surface area (Å²) in [6, 6.07) is 17.1. The lowest BCUT2D eigenvalue weighted by Crippen LogP contribution is -2.49. The van der Waals surface area contributed by atoms with E-state index in [2.05, 4.69) is 9.97 Å². The maximum Gasteiger partial charge on any atom is 0.410 e. The number of carbonyl (C=O) groups is 1. The van der Waals surface area contributed by atoms with Crippen molar-refractivity contribution in [2.45, 2.75) is 25.7 Å². The number of ether oxygens (including phenoxy) is 2. The van der Waals surface area contributed by atoms with E-state index >= 15 is 0 Å². The molecule has 9 nitrogen and oxygen atoms in total. The summed E-state index contributed by atoms with van der Waals surface area (Å²) in [6.07, 6.45) is -2.27. The van der Waals surface area contributed by atoms with Crippen molar-refractivity contribution in [3.05, 3.63) is 60.2 Å². The molecule has 1 saturated heterocycles. The van der Waals surface area contributed by atoms with Crippen molar-refractivity contribution in [2.75, 3.05) is 37.7 Å². The number of nitrogens with zero attached hydrogens (tertiary/aromatic N) is 4. The predicted molar refractivity (Wildman–Crippen MR) is 123 cm³/mol. The molecule has 0 bridgehead atoms. The highest BCUT2D eigenvalue weighted by Crippen LogP contribution is 2.26. The molecule has 33 heavy (non-hydrogen) atoms. The third-order valence-electron chi connectivity index (χ3n) is 5.53. The van der Waals surface area contributed by atoms with Gasteiger partial charge in [-0.05, 0) is 24.6 Å². The fourth-order valence-electron chi connectivity index (χ4n) is 3.49. The number of aliphatic hydroxyl groups excluding tert-OH is 2. The van der Waals surface area contributed by atoms with Gasteiger partial charge in [-0.15, -0.1) is 0 Å². The van der Waals surface area contributed by atoms with Crippen molar-refractivity contribution >= 4 is 22.9 Å². The minimum Gasteiger partial charge on any atom is -0.474 e. The van der Waals surface area contributed by atoms with Gasteiger partial charge < -0.3 is 29.5 Å². The summed E-state index contributed by atoms with van der Waals surface area (Å²) in [5.74, 6) is 0.840. The molecule has 9 heteroatoms. The Morgan fingerprint density at radius 1 is 1.00 bits per heavy atom. The van der Waals surface area contributed by atoms with Crippen molar-refractivity contribution in [3.63, 3.8) is 0 Å². The molecular formula is C24H28N4O5. The van der Waals surface area contributed by atoms with E-state index < -0.39 is 12.2 Å². The van der Waals surface area contributed by atoms with Crippen LogP contribution in [0.4, 0.5) is 10.7 Å². The number of rotatable bonds is 7. The third kappa shape index (κ3) is 5.68. The van der Waals surface area contributed by atoms with Crippen molar-refractivity contribution in [3.8, 4) is 5.88 Å². The number of aromatic nitrogens is 2. The molecule has 2 atom stereocenters. The minimum absolute atomic E-state index is 0.0842. The average molecular weight is 453 g/mol. The Kier molecular flexibility index (Phi) is 7.21. The molecule has 3 aromatic rings. The number of carbonyl (C=O) groups excluding carboxylic acids is 1. The Labute approximate surface area is 192 Å². The molecule has 1 fully saturated rings. The number of fused-ring (bicyclic) bond motifs is 1. The van der Waals surface area contributed by atoms with Crippen LogP contribution in [0.3, 0.4) is 0 Å². The van der Waals surface area contributed by atoms with E-state index in [0.29, 0.717) is 43.5 Å². The van der Waals surface area contributed by atoms with Gasteiger partial charge in [0.15, 0.2) is 0 Å². The second kappa shape index (κ2) is 10.5. The number of para-hydroxylation sites is 1. The largest absolute Gasteiger partial charge is 0.474 e. The van der Waals surface area contributed by atoms with E-state index in [9.17, 15) is 15.0 Å². The van der Waals surface area contributed by atoms with Gasteiger partial charge in [-0.25, -0.2) is 9.78 Å². The topological polar surface area (TPSA) is 108 Å². The Balaban J connectivity index is 1.40. The zero-order valence-corrected chi connectivity index (χ0v) is 18.5. The van der Waals surface area contributed by atoms with Crippen molar-refractivity contribution < 1.29 is 24.5 Å². The summed E-state index contributed by atoms with van der Waals surface area (Å²) in [6.45, 7) is 3.73. The highest BCUT2D eigenvalue weighted by atomic mass is 16.6. The first-order chi connectivity index (χ1) is 16.0. The molecule has 0 unspecified atom stereocenters. The molecule has 2 N–H and O–H groups in total. The molecule has 0 radical (unpaired) electrons. The number of piperazine rings is 1. The summed E-state index contributed by atoms with van der Waals surface area (Å²) in [4.78, 5) is 25.3. The smallest absolute Gasteiger partial charge is 0.410 e. The standard InChI is InChI=1S/C24H28N4O5/c1-17(29)21(30)16-32-22-19-9-5-6-10-20(19)25-23(26-22)27-11-13-28(14-12-27)24(31)33-15-18-7-3-2-4-8-18/h2-10,17,21,29-30H,11-16H2,1H3/t17-,21-/m1/s1. The van der Waals surface area contributed by atoms with Crippen LogP contribution in [0.1, 0.15) is 12.5 Å². The summed E-state index contributed by atoms with van der Waals surface area (Å²) in [5, 5.41) is 20.2. The van der Waals surface area contributed by atoms with Gasteiger partial charge in [-0.1, -0.05) is 42.5 Å². The Morgan fingerprint density at radius 2 is 1.70 bits per heavy atom. The van der Waals surface area contributed by atoms with Crippen LogP contribution < -0.4 is 9.64 Å². The highest BCUT2D eigenvalue weighted by molar-refractivity contribution is 5.84. The zero-order valence-electron chi connectivity index (χ0n) is 18.5. The number of aliphatic hydroxyl groups is 2. The number of amides is 1. The highest BCUT2D eigenvalue weighted by Gasteiger charge is 2.25. The lowest BCUT2D eigenvalue weighted by atomic mass is 10.2. The van der Waals surface area contributed by atoms with Gasteiger partial charge in [-0.2, -0.15) is 4.98 Å². The normalized spacial score (nSPS) is 15.8. The average Bonchev–Trinajstić information content (AvgIpc) is 2.86. The fraction of sp³-hybridized carbons (Fsp3) is 0.375. The molecule has 0 saturated carbocycles. The van der Waals surface area contributed by atoms with E-state index in [1.807, 2.05) is 59.5 Å². The van der Waals surface area contributed by atoms with Crippen LogP contribution in [-0.4, -0.2) is 76.2 Å². The van der Waals surface area contributed by atoms with Gasteiger partial charge >= 0.3 is 6.09 Å². The minimum atomic E-state index is -1.02. The van der Waals surface area contributed by atoms with Crippen LogP contribution in [0.2, 0.25) is 0 Å². The van der Waals surface area contributed by atoms with Crippen LogP contribution in [0.25, 0.3) is 10.9 Å². The summed E-state index contributed by atoms with van der Waals surface area (Å²) < 4.78 is 11.2. The number of hydrogen-bond donors (Lipinski definition) is 2. The van der Waals surface area contributed by atoms with Gasteiger partial charge in [0.2, 0.25) is 11.8 Å². The second-order valence-corrected chi connectivity index (χ2v) is 7.98. The Morgan fingerprint density at radius 3 is 2.42 bits per heavy atom.